The van der Waals surface area contributed by atoms with Gasteiger partial charge in [-0.25, -0.2) is 0 Å². The summed E-state index contributed by atoms with van der Waals surface area (Å²) in [5.41, 5.74) is 7.18. The largest absolute Gasteiger partial charge is 0.493 e. The molecule has 5 heteroatoms. The van der Waals surface area contributed by atoms with Crippen LogP contribution in [0.1, 0.15) is 30.9 Å². The van der Waals surface area contributed by atoms with Gasteiger partial charge in [-0.15, -0.1) is 0 Å². The molecular weight excluding hydrogens is 264 g/mol. The fraction of sp³-hybridized carbons (Fsp3) is 0.562. The van der Waals surface area contributed by atoms with Crippen molar-refractivity contribution in [1.29, 1.82) is 0 Å². The Morgan fingerprint density at radius 3 is 3.00 bits per heavy atom. The predicted octanol–water partition coefficient (Wildman–Crippen LogP) is 1.51. The molecule has 114 valence electrons. The van der Waals surface area contributed by atoms with Gasteiger partial charge in [-0.1, -0.05) is 18.2 Å². The fourth-order valence-electron chi connectivity index (χ4n) is 2.74. The average molecular weight is 288 g/mol. The third kappa shape index (κ3) is 3.67. The summed E-state index contributed by atoms with van der Waals surface area (Å²) in [6.07, 6.45) is 3.56. The summed E-state index contributed by atoms with van der Waals surface area (Å²) in [5, 5.41) is 3.32. The molecule has 0 saturated heterocycles. The smallest absolute Gasteiger partial charge is 0.189 e. The second-order valence-corrected chi connectivity index (χ2v) is 5.85. The molecule has 1 aliphatic carbocycles. The van der Waals surface area contributed by atoms with Crippen LogP contribution in [-0.4, -0.2) is 43.6 Å². The Morgan fingerprint density at radius 1 is 1.38 bits per heavy atom. The van der Waals surface area contributed by atoms with Gasteiger partial charge in [0.25, 0.3) is 0 Å². The van der Waals surface area contributed by atoms with Gasteiger partial charge < -0.3 is 20.7 Å². The molecule has 0 amide bonds. The maximum Gasteiger partial charge on any atom is 0.189 e. The molecule has 1 saturated carbocycles. The van der Waals surface area contributed by atoms with Crippen LogP contribution >= 0.6 is 0 Å². The number of ether oxygens (including phenoxy) is 1. The van der Waals surface area contributed by atoms with Crippen LogP contribution in [0.15, 0.2) is 29.3 Å². The minimum Gasteiger partial charge on any atom is -0.493 e. The number of nitrogens with two attached hydrogens (primary N) is 1. The van der Waals surface area contributed by atoms with Crippen molar-refractivity contribution in [3.63, 3.8) is 0 Å². The van der Waals surface area contributed by atoms with Crippen LogP contribution in [-0.2, 0) is 0 Å². The van der Waals surface area contributed by atoms with Gasteiger partial charge in [0.05, 0.1) is 19.2 Å². The van der Waals surface area contributed by atoms with E-state index in [0.29, 0.717) is 12.6 Å². The van der Waals surface area contributed by atoms with Gasteiger partial charge in [-0.05, 0) is 26.0 Å². The van der Waals surface area contributed by atoms with E-state index < -0.39 is 0 Å². The molecule has 1 atom stereocenters. The van der Waals surface area contributed by atoms with Crippen molar-refractivity contribution in [2.75, 3.05) is 26.7 Å². The van der Waals surface area contributed by atoms with Gasteiger partial charge in [0, 0.05) is 24.6 Å². The molecule has 1 aromatic rings. The van der Waals surface area contributed by atoms with E-state index in [-0.39, 0.29) is 6.04 Å². The average Bonchev–Trinajstić information content (AvgIpc) is 3.32. The Bertz CT molecular complexity index is 513. The van der Waals surface area contributed by atoms with Crippen molar-refractivity contribution >= 4 is 5.96 Å². The van der Waals surface area contributed by atoms with Gasteiger partial charge >= 0.3 is 0 Å². The number of aliphatic imine (C=N–C) groups is 1. The van der Waals surface area contributed by atoms with Crippen LogP contribution < -0.4 is 15.8 Å². The molecule has 0 radical (unpaired) electrons. The lowest BCUT2D eigenvalue weighted by Gasteiger charge is -2.27. The molecule has 0 spiro atoms. The second-order valence-electron chi connectivity index (χ2n) is 5.85. The van der Waals surface area contributed by atoms with Crippen molar-refractivity contribution in [3.05, 3.63) is 29.8 Å². The predicted molar refractivity (Wildman–Crippen MR) is 84.6 cm³/mol. The van der Waals surface area contributed by atoms with Gasteiger partial charge in [0.15, 0.2) is 5.96 Å². The topological polar surface area (TPSA) is 62.9 Å². The maximum atomic E-state index is 6.02. The fourth-order valence-corrected chi connectivity index (χ4v) is 2.74. The standard InChI is InChI=1S/C16H24N4O/c1-20(12-6-7-12)10-9-18-16(17)19-14-8-11-21-15-5-3-2-4-13(14)15/h2-5,12,14H,6-11H2,1H3,(H3,17,18,19). The summed E-state index contributed by atoms with van der Waals surface area (Å²) in [7, 11) is 2.16. The number of guanidine groups is 1. The lowest BCUT2D eigenvalue weighted by Crippen LogP contribution is -2.38. The number of nitrogens with zero attached hydrogens (tertiary/aromatic N) is 2. The van der Waals surface area contributed by atoms with Crippen LogP contribution in [0, 0.1) is 0 Å². The maximum absolute atomic E-state index is 6.02. The summed E-state index contributed by atoms with van der Waals surface area (Å²) in [5.74, 6) is 1.48. The number of hydrogen-bond donors (Lipinski definition) is 2. The summed E-state index contributed by atoms with van der Waals surface area (Å²) >= 11 is 0. The van der Waals surface area contributed by atoms with Crippen LogP contribution in [0.4, 0.5) is 0 Å². The first-order chi connectivity index (χ1) is 10.2. The third-order valence-corrected chi connectivity index (χ3v) is 4.19. The van der Waals surface area contributed by atoms with Crippen molar-refractivity contribution in [2.45, 2.75) is 31.3 Å². The van der Waals surface area contributed by atoms with E-state index in [0.717, 1.165) is 36.9 Å². The molecule has 2 aliphatic rings. The molecule has 1 unspecified atom stereocenters. The van der Waals surface area contributed by atoms with E-state index in [9.17, 15) is 0 Å². The van der Waals surface area contributed by atoms with Gasteiger partial charge in [-0.3, -0.25) is 4.99 Å². The van der Waals surface area contributed by atoms with E-state index in [2.05, 4.69) is 28.3 Å². The molecular formula is C16H24N4O. The number of nitrogens with one attached hydrogen (secondary N) is 1. The highest BCUT2D eigenvalue weighted by molar-refractivity contribution is 5.78. The Morgan fingerprint density at radius 2 is 2.19 bits per heavy atom. The van der Waals surface area contributed by atoms with E-state index in [1.165, 1.54) is 12.8 Å². The minimum absolute atomic E-state index is 0.194. The molecule has 5 nitrogen and oxygen atoms in total. The van der Waals surface area contributed by atoms with Crippen LogP contribution in [0.25, 0.3) is 0 Å². The van der Waals surface area contributed by atoms with Gasteiger partial charge in [-0.2, -0.15) is 0 Å². The van der Waals surface area contributed by atoms with Crippen molar-refractivity contribution in [2.24, 2.45) is 10.7 Å². The molecule has 21 heavy (non-hydrogen) atoms. The number of benzene rings is 1. The zero-order valence-electron chi connectivity index (χ0n) is 12.6. The van der Waals surface area contributed by atoms with Crippen LogP contribution in [0.5, 0.6) is 5.75 Å². The highest BCUT2D eigenvalue weighted by Crippen LogP contribution is 2.31. The number of para-hydroxylation sites is 1. The van der Waals surface area contributed by atoms with E-state index in [4.69, 9.17) is 10.5 Å². The minimum atomic E-state index is 0.194. The third-order valence-electron chi connectivity index (χ3n) is 4.19. The monoisotopic (exact) mass is 288 g/mol. The van der Waals surface area contributed by atoms with E-state index in [1.807, 2.05) is 18.2 Å². The zero-order valence-corrected chi connectivity index (χ0v) is 12.6. The Kier molecular flexibility index (Phi) is 4.29. The number of rotatable bonds is 5. The molecule has 1 aliphatic heterocycles. The van der Waals surface area contributed by atoms with Crippen LogP contribution in [0.2, 0.25) is 0 Å². The zero-order chi connectivity index (χ0) is 14.7. The first-order valence-electron chi connectivity index (χ1n) is 7.72. The summed E-state index contributed by atoms with van der Waals surface area (Å²) < 4.78 is 5.65. The highest BCUT2D eigenvalue weighted by Gasteiger charge is 2.25. The number of fused-ring (bicyclic) bond motifs is 1. The van der Waals surface area contributed by atoms with Gasteiger partial charge in [0.2, 0.25) is 0 Å². The van der Waals surface area contributed by atoms with Crippen molar-refractivity contribution < 1.29 is 4.74 Å². The Balaban J connectivity index is 1.53. The second kappa shape index (κ2) is 6.35. The summed E-state index contributed by atoms with van der Waals surface area (Å²) in [4.78, 5) is 6.80. The lowest BCUT2D eigenvalue weighted by atomic mass is 10.0. The molecule has 1 fully saturated rings. The van der Waals surface area contributed by atoms with Crippen LogP contribution in [0.3, 0.4) is 0 Å². The summed E-state index contributed by atoms with van der Waals surface area (Å²) in [6.45, 7) is 2.43. The molecule has 3 rings (SSSR count). The molecule has 1 heterocycles. The van der Waals surface area contributed by atoms with Gasteiger partial charge in [0.1, 0.15) is 5.75 Å². The Hall–Kier alpha value is -1.75. The lowest BCUT2D eigenvalue weighted by molar-refractivity contribution is 0.262. The molecule has 0 bridgehead atoms. The van der Waals surface area contributed by atoms with E-state index >= 15 is 0 Å². The molecule has 1 aromatic carbocycles. The molecule has 3 N–H and O–H groups in total. The first-order valence-corrected chi connectivity index (χ1v) is 7.72. The first kappa shape index (κ1) is 14.2. The number of likely N-dealkylation sites (N-methyl/N-ethyl adjacent to an activating group) is 1. The Labute approximate surface area is 126 Å². The number of hydrogen-bond acceptors (Lipinski definition) is 3. The normalized spacial score (nSPS) is 21.8. The molecule has 0 aromatic heterocycles. The van der Waals surface area contributed by atoms with Crippen molar-refractivity contribution in [3.8, 4) is 5.75 Å². The van der Waals surface area contributed by atoms with E-state index in [1.54, 1.807) is 0 Å². The summed E-state index contributed by atoms with van der Waals surface area (Å²) in [6, 6.07) is 9.07. The quantitative estimate of drug-likeness (QED) is 0.637. The SMILES string of the molecule is CN(CCN=C(N)NC1CCOc2ccccc21)C1CC1. The van der Waals surface area contributed by atoms with Crippen molar-refractivity contribution in [1.82, 2.24) is 10.2 Å². The highest BCUT2D eigenvalue weighted by atomic mass is 16.5.